The van der Waals surface area contributed by atoms with E-state index in [4.69, 9.17) is 24.4 Å². The average Bonchev–Trinajstić information content (AvgIpc) is 3.58. The molecule has 0 unspecified atom stereocenters. The first kappa shape index (κ1) is 34.1. The molecule has 2 heterocycles. The molecule has 288 valence electrons. The van der Waals surface area contributed by atoms with E-state index in [1.54, 1.807) is 0 Å². The maximum absolute atomic E-state index is 6.61. The quantitative estimate of drug-likeness (QED) is 0.174. The predicted molar refractivity (Wildman–Crippen MR) is 237 cm³/mol. The van der Waals surface area contributed by atoms with Crippen molar-refractivity contribution in [2.75, 3.05) is 0 Å². The van der Waals surface area contributed by atoms with Gasteiger partial charge in [-0.15, -0.1) is 0 Å². The molecule has 1 aliphatic heterocycles. The molecule has 5 nitrogen and oxygen atoms in total. The van der Waals surface area contributed by atoms with Crippen LogP contribution >= 0.6 is 0 Å². The van der Waals surface area contributed by atoms with Crippen molar-refractivity contribution in [1.29, 1.82) is 0 Å². The van der Waals surface area contributed by atoms with Crippen LogP contribution in [-0.2, 0) is 5.41 Å². The lowest BCUT2D eigenvalue weighted by atomic mass is 9.43. The number of benzene rings is 7. The van der Waals surface area contributed by atoms with E-state index < -0.39 is 0 Å². The van der Waals surface area contributed by atoms with Crippen LogP contribution in [0, 0.1) is 23.7 Å². The SMILES string of the molecule is c1ccc(-c2ccc(-c3nc(-c4cccc(-c5ccccc5)c4)nc(-c4ccc5c(c4)C4(c6cc7c(cc6-5)Oc5ccccc5O7)C5CC6CC(C5)CC4C6)n3)cc2)cc1. The molecule has 1 spiro atoms. The molecule has 4 bridgehead atoms. The Labute approximate surface area is 349 Å². The summed E-state index contributed by atoms with van der Waals surface area (Å²) in [6.45, 7) is 0. The summed E-state index contributed by atoms with van der Waals surface area (Å²) in [4.78, 5) is 15.8. The van der Waals surface area contributed by atoms with Gasteiger partial charge in [0.15, 0.2) is 40.5 Å². The molecule has 8 aromatic rings. The molecule has 0 radical (unpaired) electrons. The number of fused-ring (bicyclic) bond motifs is 5. The molecule has 0 saturated heterocycles. The number of aromatic nitrogens is 3. The van der Waals surface area contributed by atoms with E-state index in [9.17, 15) is 0 Å². The molecule has 14 rings (SSSR count). The number of hydrogen-bond donors (Lipinski definition) is 0. The molecule has 0 atom stereocenters. The largest absolute Gasteiger partial charge is 0.450 e. The number of rotatable bonds is 5. The van der Waals surface area contributed by atoms with Crippen LogP contribution in [0.25, 0.3) is 67.5 Å². The fourth-order valence-electron chi connectivity index (χ4n) is 12.0. The summed E-state index contributed by atoms with van der Waals surface area (Å²) in [5, 5.41) is 0. The van der Waals surface area contributed by atoms with Crippen LogP contribution in [0.5, 0.6) is 23.0 Å². The third kappa shape index (κ3) is 5.21. The van der Waals surface area contributed by atoms with E-state index in [0.717, 1.165) is 68.2 Å². The number of nitrogens with zero attached hydrogens (tertiary/aromatic N) is 3. The molecular formula is C55H41N3O2. The van der Waals surface area contributed by atoms with E-state index in [1.807, 2.05) is 24.3 Å². The predicted octanol–water partition coefficient (Wildman–Crippen LogP) is 13.8. The fraction of sp³-hybridized carbons (Fsp3) is 0.182. The molecule has 0 amide bonds. The molecule has 60 heavy (non-hydrogen) atoms. The van der Waals surface area contributed by atoms with E-state index >= 15 is 0 Å². The minimum absolute atomic E-state index is 0.0978. The van der Waals surface area contributed by atoms with Gasteiger partial charge in [0.05, 0.1) is 0 Å². The first-order chi connectivity index (χ1) is 29.6. The van der Waals surface area contributed by atoms with Gasteiger partial charge in [-0.25, -0.2) is 15.0 Å². The van der Waals surface area contributed by atoms with Gasteiger partial charge in [0, 0.05) is 22.1 Å². The fourth-order valence-corrected chi connectivity index (χ4v) is 12.0. The van der Waals surface area contributed by atoms with Crippen molar-refractivity contribution < 1.29 is 9.47 Å². The van der Waals surface area contributed by atoms with Gasteiger partial charge in [-0.1, -0.05) is 127 Å². The molecule has 1 aromatic heterocycles. The Morgan fingerprint density at radius 1 is 0.350 bits per heavy atom. The minimum Gasteiger partial charge on any atom is -0.450 e. The third-order valence-electron chi connectivity index (χ3n) is 14.4. The summed E-state index contributed by atoms with van der Waals surface area (Å²) in [6.07, 6.45) is 6.53. The summed E-state index contributed by atoms with van der Waals surface area (Å²) in [5.41, 5.74) is 12.9. The van der Waals surface area contributed by atoms with Gasteiger partial charge in [0.25, 0.3) is 0 Å². The standard InChI is InChI=1S/C55H41N3O2/c1-3-10-35(11-4-1)37-18-20-38(21-19-37)52-56-53(40-15-9-14-39(29-40)36-12-5-2-6-13-36)58-54(57-52)41-22-23-44-45-31-50-51(60-49-17-8-7-16-48(49)59-50)32-47(45)55(46(44)30-41)42-25-33-24-34(27-42)28-43(55)26-33/h1-23,29-34,42-43H,24-28H2. The van der Waals surface area contributed by atoms with Gasteiger partial charge >= 0.3 is 0 Å². The van der Waals surface area contributed by atoms with Crippen molar-refractivity contribution in [3.8, 4) is 90.5 Å². The Hall–Kier alpha value is -6.85. The first-order valence-corrected chi connectivity index (χ1v) is 21.5. The van der Waals surface area contributed by atoms with E-state index in [0.29, 0.717) is 29.3 Å². The zero-order valence-electron chi connectivity index (χ0n) is 33.1. The van der Waals surface area contributed by atoms with Gasteiger partial charge in [-0.2, -0.15) is 0 Å². The lowest BCUT2D eigenvalue weighted by Crippen LogP contribution is -2.55. The molecule has 7 aromatic carbocycles. The molecule has 4 fully saturated rings. The summed E-state index contributed by atoms with van der Waals surface area (Å²) in [7, 11) is 0. The Kier molecular flexibility index (Phi) is 7.42. The maximum atomic E-state index is 6.61. The summed E-state index contributed by atoms with van der Waals surface area (Å²) in [5.74, 6) is 7.94. The molecule has 0 N–H and O–H groups in total. The van der Waals surface area contributed by atoms with Gasteiger partial charge in [0.2, 0.25) is 0 Å². The summed E-state index contributed by atoms with van der Waals surface area (Å²) < 4.78 is 13.1. The van der Waals surface area contributed by atoms with Gasteiger partial charge in [-0.3, -0.25) is 0 Å². The van der Waals surface area contributed by atoms with Crippen LogP contribution in [0.15, 0.2) is 164 Å². The highest BCUT2D eigenvalue weighted by atomic mass is 16.6. The summed E-state index contributed by atoms with van der Waals surface area (Å²) in [6, 6.07) is 57.8. The van der Waals surface area contributed by atoms with Crippen molar-refractivity contribution in [1.82, 2.24) is 15.0 Å². The molecule has 6 aliphatic rings. The van der Waals surface area contributed by atoms with Crippen LogP contribution in [0.4, 0.5) is 0 Å². The van der Waals surface area contributed by atoms with Crippen LogP contribution in [-0.4, -0.2) is 15.0 Å². The second-order valence-electron chi connectivity index (χ2n) is 17.6. The second kappa shape index (κ2) is 13.1. The zero-order chi connectivity index (χ0) is 39.4. The van der Waals surface area contributed by atoms with Gasteiger partial charge in [0.1, 0.15) is 0 Å². The lowest BCUT2D eigenvalue weighted by molar-refractivity contribution is -0.0399. The topological polar surface area (TPSA) is 57.1 Å². The van der Waals surface area contributed by atoms with Crippen LogP contribution in [0.1, 0.15) is 43.2 Å². The lowest BCUT2D eigenvalue weighted by Gasteiger charge is -2.61. The third-order valence-corrected chi connectivity index (χ3v) is 14.4. The monoisotopic (exact) mass is 775 g/mol. The minimum atomic E-state index is -0.0978. The Morgan fingerprint density at radius 3 is 1.47 bits per heavy atom. The Balaban J connectivity index is 0.978. The van der Waals surface area contributed by atoms with Gasteiger partial charge < -0.3 is 9.47 Å². The van der Waals surface area contributed by atoms with E-state index in [1.165, 1.54) is 59.9 Å². The van der Waals surface area contributed by atoms with Crippen LogP contribution in [0.3, 0.4) is 0 Å². The van der Waals surface area contributed by atoms with Crippen LogP contribution < -0.4 is 9.47 Å². The average molecular weight is 776 g/mol. The smallest absolute Gasteiger partial charge is 0.170 e. The second-order valence-corrected chi connectivity index (χ2v) is 17.6. The van der Waals surface area contributed by atoms with E-state index in [2.05, 4.69) is 140 Å². The first-order valence-electron chi connectivity index (χ1n) is 21.5. The molecular weight excluding hydrogens is 735 g/mol. The molecule has 5 aliphatic carbocycles. The normalized spacial score (nSPS) is 22.3. The Bertz CT molecular complexity index is 2970. The molecule has 4 saturated carbocycles. The number of para-hydroxylation sites is 2. The van der Waals surface area contributed by atoms with Crippen molar-refractivity contribution in [2.45, 2.75) is 37.5 Å². The van der Waals surface area contributed by atoms with Crippen molar-refractivity contribution in [3.63, 3.8) is 0 Å². The zero-order valence-corrected chi connectivity index (χ0v) is 33.1. The van der Waals surface area contributed by atoms with Crippen molar-refractivity contribution in [3.05, 3.63) is 175 Å². The number of hydrogen-bond acceptors (Lipinski definition) is 5. The highest BCUT2D eigenvalue weighted by Crippen LogP contribution is 2.70. The maximum Gasteiger partial charge on any atom is 0.170 e. The van der Waals surface area contributed by atoms with Gasteiger partial charge in [-0.05, 0) is 137 Å². The number of ether oxygens (including phenoxy) is 2. The summed E-state index contributed by atoms with van der Waals surface area (Å²) >= 11 is 0. The molecule has 5 heteroatoms. The Morgan fingerprint density at radius 2 is 0.817 bits per heavy atom. The van der Waals surface area contributed by atoms with Crippen molar-refractivity contribution in [2.24, 2.45) is 23.7 Å². The van der Waals surface area contributed by atoms with E-state index in [-0.39, 0.29) is 5.41 Å². The highest BCUT2D eigenvalue weighted by molar-refractivity contribution is 5.87. The van der Waals surface area contributed by atoms with Crippen molar-refractivity contribution >= 4 is 0 Å². The van der Waals surface area contributed by atoms with Crippen LogP contribution in [0.2, 0.25) is 0 Å². The highest BCUT2D eigenvalue weighted by Gasteiger charge is 2.62.